The molecule has 1 N–H and O–H groups in total. The van der Waals surface area contributed by atoms with Crippen LogP contribution in [0.2, 0.25) is 0 Å². The number of carbonyl (C=O) groups is 1. The molecule has 1 heterocycles. The molecule has 0 saturated carbocycles. The van der Waals surface area contributed by atoms with Crippen LogP contribution < -0.4 is 5.32 Å². The van der Waals surface area contributed by atoms with Gasteiger partial charge in [-0.05, 0) is 38.0 Å². The molecule has 1 aliphatic heterocycles. The Morgan fingerprint density at radius 3 is 2.67 bits per heavy atom. The molecule has 0 radical (unpaired) electrons. The lowest BCUT2D eigenvalue weighted by atomic mass is 10.1. The molecule has 1 saturated heterocycles. The third-order valence-electron chi connectivity index (χ3n) is 4.62. The summed E-state index contributed by atoms with van der Waals surface area (Å²) in [4.78, 5) is 20.2. The molecule has 1 fully saturated rings. The number of halogens is 2. The first-order valence-electron chi connectivity index (χ1n) is 10.1. The van der Waals surface area contributed by atoms with Crippen LogP contribution in [0, 0.1) is 5.82 Å². The Bertz CT molecular complexity index is 673. The number of hydrogen-bond donors (Lipinski definition) is 1. The number of rotatable bonds is 8. The maximum atomic E-state index is 13.3. The first-order valence-corrected chi connectivity index (χ1v) is 10.1. The summed E-state index contributed by atoms with van der Waals surface area (Å²) in [7, 11) is 3.43. The van der Waals surface area contributed by atoms with E-state index in [1.807, 2.05) is 13.8 Å². The molecule has 1 aromatic rings. The van der Waals surface area contributed by atoms with E-state index < -0.39 is 0 Å². The van der Waals surface area contributed by atoms with Crippen molar-refractivity contribution >= 4 is 35.8 Å². The zero-order chi connectivity index (χ0) is 21.2. The molecular formula is C21H34FIN4O3. The van der Waals surface area contributed by atoms with Gasteiger partial charge < -0.3 is 24.6 Å². The van der Waals surface area contributed by atoms with E-state index in [2.05, 4.69) is 15.2 Å². The topological polar surface area (TPSA) is 66.4 Å². The molecule has 0 aliphatic carbocycles. The van der Waals surface area contributed by atoms with E-state index in [1.54, 1.807) is 26.2 Å². The van der Waals surface area contributed by atoms with Crippen LogP contribution in [0.5, 0.6) is 0 Å². The van der Waals surface area contributed by atoms with Crippen LogP contribution in [0.25, 0.3) is 0 Å². The van der Waals surface area contributed by atoms with Gasteiger partial charge in [-0.25, -0.2) is 9.38 Å². The maximum Gasteiger partial charge on any atom is 0.243 e. The van der Waals surface area contributed by atoms with Gasteiger partial charge in [0, 0.05) is 40.4 Å². The van der Waals surface area contributed by atoms with E-state index in [-0.39, 0.29) is 54.5 Å². The highest BCUT2D eigenvalue weighted by Gasteiger charge is 2.28. The van der Waals surface area contributed by atoms with Crippen molar-refractivity contribution in [2.75, 3.05) is 53.5 Å². The van der Waals surface area contributed by atoms with Gasteiger partial charge in [-0.15, -0.1) is 24.0 Å². The molecule has 170 valence electrons. The third-order valence-corrected chi connectivity index (χ3v) is 4.62. The standard InChI is InChI=1S/C21H33FN4O3.HI/c1-5-28-12-6-11-23-21(24-13-20(27)25(3)4)26-14-16(2)29-19(15-26)17-7-9-18(22)10-8-17;/h7-10,16,19H,5-6,11-15H2,1-4H3,(H,23,24);1H. The quantitative estimate of drug-likeness (QED) is 0.240. The Balaban J connectivity index is 0.00000450. The zero-order valence-electron chi connectivity index (χ0n) is 18.3. The van der Waals surface area contributed by atoms with Gasteiger partial charge in [-0.3, -0.25) is 4.79 Å². The fourth-order valence-electron chi connectivity index (χ4n) is 3.06. The minimum atomic E-state index is -0.269. The maximum absolute atomic E-state index is 13.3. The third kappa shape index (κ3) is 8.73. The highest BCUT2D eigenvalue weighted by atomic mass is 127. The van der Waals surface area contributed by atoms with E-state index in [1.165, 1.54) is 17.0 Å². The summed E-state index contributed by atoms with van der Waals surface area (Å²) in [6.07, 6.45) is 0.619. The Morgan fingerprint density at radius 2 is 2.03 bits per heavy atom. The van der Waals surface area contributed by atoms with Crippen molar-refractivity contribution in [2.24, 2.45) is 4.99 Å². The summed E-state index contributed by atoms with van der Waals surface area (Å²) in [6, 6.07) is 6.38. The number of nitrogens with one attached hydrogen (secondary N) is 1. The van der Waals surface area contributed by atoms with Crippen molar-refractivity contribution in [3.8, 4) is 0 Å². The number of aliphatic imine (C=N–C) groups is 1. The predicted molar refractivity (Wildman–Crippen MR) is 127 cm³/mol. The van der Waals surface area contributed by atoms with Crippen molar-refractivity contribution in [2.45, 2.75) is 32.5 Å². The lowest BCUT2D eigenvalue weighted by molar-refractivity contribution is -0.127. The number of ether oxygens (including phenoxy) is 2. The number of hydrogen-bond acceptors (Lipinski definition) is 4. The molecule has 1 aliphatic rings. The van der Waals surface area contributed by atoms with Crippen LogP contribution in [0.4, 0.5) is 4.39 Å². The molecule has 2 atom stereocenters. The van der Waals surface area contributed by atoms with Crippen molar-refractivity contribution in [1.82, 2.24) is 15.1 Å². The number of guanidine groups is 1. The van der Waals surface area contributed by atoms with Crippen LogP contribution in [0.3, 0.4) is 0 Å². The largest absolute Gasteiger partial charge is 0.382 e. The number of carbonyl (C=O) groups excluding carboxylic acids is 1. The molecular weight excluding hydrogens is 502 g/mol. The number of amides is 1. The van der Waals surface area contributed by atoms with Crippen LogP contribution in [-0.4, -0.2) is 81.3 Å². The molecule has 2 unspecified atom stereocenters. The average molecular weight is 536 g/mol. The van der Waals surface area contributed by atoms with E-state index >= 15 is 0 Å². The molecule has 0 aromatic heterocycles. The predicted octanol–water partition coefficient (Wildman–Crippen LogP) is 2.67. The monoisotopic (exact) mass is 536 g/mol. The number of likely N-dealkylation sites (N-methyl/N-ethyl adjacent to an activating group) is 1. The van der Waals surface area contributed by atoms with Crippen LogP contribution >= 0.6 is 24.0 Å². The van der Waals surface area contributed by atoms with Gasteiger partial charge in [0.1, 0.15) is 18.5 Å². The molecule has 0 spiro atoms. The summed E-state index contributed by atoms with van der Waals surface area (Å²) in [5.74, 6) is 0.351. The normalized spacial score (nSPS) is 19.2. The first-order chi connectivity index (χ1) is 13.9. The van der Waals surface area contributed by atoms with E-state index in [9.17, 15) is 9.18 Å². The fraction of sp³-hybridized carbons (Fsp3) is 0.619. The summed E-state index contributed by atoms with van der Waals surface area (Å²) in [6.45, 7) is 7.34. The molecule has 1 amide bonds. The van der Waals surface area contributed by atoms with Crippen LogP contribution in [0.15, 0.2) is 29.3 Å². The molecule has 9 heteroatoms. The van der Waals surface area contributed by atoms with Crippen LogP contribution in [-0.2, 0) is 14.3 Å². The second-order valence-electron chi connectivity index (χ2n) is 7.30. The number of benzene rings is 1. The van der Waals surface area contributed by atoms with Gasteiger partial charge in [0.25, 0.3) is 0 Å². The SMILES string of the molecule is CCOCCCNC(=NCC(=O)N(C)C)N1CC(C)OC(c2ccc(F)cc2)C1.I. The van der Waals surface area contributed by atoms with Gasteiger partial charge in [-0.2, -0.15) is 0 Å². The molecule has 1 aromatic carbocycles. The minimum Gasteiger partial charge on any atom is -0.382 e. The number of nitrogens with zero attached hydrogens (tertiary/aromatic N) is 3. The summed E-state index contributed by atoms with van der Waals surface area (Å²) < 4.78 is 24.7. The molecule has 2 rings (SSSR count). The van der Waals surface area contributed by atoms with E-state index in [0.29, 0.717) is 38.8 Å². The van der Waals surface area contributed by atoms with Gasteiger partial charge in [0.05, 0.1) is 12.6 Å². The lowest BCUT2D eigenvalue weighted by Crippen LogP contribution is -2.51. The second-order valence-corrected chi connectivity index (χ2v) is 7.30. The molecule has 7 nitrogen and oxygen atoms in total. The molecule has 30 heavy (non-hydrogen) atoms. The van der Waals surface area contributed by atoms with Crippen molar-refractivity contribution in [3.63, 3.8) is 0 Å². The van der Waals surface area contributed by atoms with Gasteiger partial charge in [0.2, 0.25) is 5.91 Å². The van der Waals surface area contributed by atoms with Crippen molar-refractivity contribution < 1.29 is 18.7 Å². The average Bonchev–Trinajstić information content (AvgIpc) is 2.69. The van der Waals surface area contributed by atoms with E-state index in [4.69, 9.17) is 9.47 Å². The zero-order valence-corrected chi connectivity index (χ0v) is 20.6. The highest BCUT2D eigenvalue weighted by molar-refractivity contribution is 14.0. The smallest absolute Gasteiger partial charge is 0.243 e. The summed E-state index contributed by atoms with van der Waals surface area (Å²) in [5.41, 5.74) is 0.919. The fourth-order valence-corrected chi connectivity index (χ4v) is 3.06. The van der Waals surface area contributed by atoms with Gasteiger partial charge >= 0.3 is 0 Å². The first kappa shape index (κ1) is 26.6. The van der Waals surface area contributed by atoms with Gasteiger partial charge in [0.15, 0.2) is 5.96 Å². The second kappa shape index (κ2) is 13.8. The Labute approximate surface area is 196 Å². The summed E-state index contributed by atoms with van der Waals surface area (Å²) in [5, 5.41) is 3.35. The van der Waals surface area contributed by atoms with Crippen LogP contribution in [0.1, 0.15) is 31.9 Å². The minimum absolute atomic E-state index is 0. The molecule has 0 bridgehead atoms. The number of morpholine rings is 1. The Kier molecular flexibility index (Phi) is 12.2. The van der Waals surface area contributed by atoms with Crippen molar-refractivity contribution in [3.05, 3.63) is 35.6 Å². The van der Waals surface area contributed by atoms with Crippen molar-refractivity contribution in [1.29, 1.82) is 0 Å². The van der Waals surface area contributed by atoms with Gasteiger partial charge in [-0.1, -0.05) is 12.1 Å². The Morgan fingerprint density at radius 1 is 1.33 bits per heavy atom. The van der Waals surface area contributed by atoms with E-state index in [0.717, 1.165) is 12.0 Å². The lowest BCUT2D eigenvalue weighted by Gasteiger charge is -2.39. The highest BCUT2D eigenvalue weighted by Crippen LogP contribution is 2.25. The summed E-state index contributed by atoms with van der Waals surface area (Å²) >= 11 is 0. The Hall–Kier alpha value is -1.46.